The van der Waals surface area contributed by atoms with Crippen LogP contribution in [0.5, 0.6) is 0 Å². The van der Waals surface area contributed by atoms with E-state index in [9.17, 15) is 4.79 Å². The molecule has 2 atom stereocenters. The summed E-state index contributed by atoms with van der Waals surface area (Å²) in [4.78, 5) is 13.3. The molecule has 1 saturated heterocycles. The third-order valence-corrected chi connectivity index (χ3v) is 3.79. The van der Waals surface area contributed by atoms with Gasteiger partial charge in [-0.15, -0.1) is 0 Å². The fourth-order valence-electron chi connectivity index (χ4n) is 2.65. The molecule has 0 aromatic carbocycles. The fraction of sp³-hybridized carbons (Fsp3) is 0.929. The maximum absolute atomic E-state index is 10.8. The molecule has 1 heterocycles. The van der Waals surface area contributed by atoms with Crippen molar-refractivity contribution in [1.82, 2.24) is 4.90 Å². The van der Waals surface area contributed by atoms with Gasteiger partial charge in [0.2, 0.25) is 0 Å². The van der Waals surface area contributed by atoms with E-state index in [-0.39, 0.29) is 0 Å². The minimum atomic E-state index is 0.303. The summed E-state index contributed by atoms with van der Waals surface area (Å²) in [5.41, 5.74) is 0. The molecule has 0 bridgehead atoms. The minimum absolute atomic E-state index is 0.303. The van der Waals surface area contributed by atoms with Crippen LogP contribution >= 0.6 is 0 Å². The third-order valence-electron chi connectivity index (χ3n) is 3.79. The summed E-state index contributed by atoms with van der Waals surface area (Å²) in [5.74, 6) is 1.14. The van der Waals surface area contributed by atoms with E-state index in [1.54, 1.807) is 0 Å². The van der Waals surface area contributed by atoms with Crippen LogP contribution in [0.3, 0.4) is 0 Å². The van der Waals surface area contributed by atoms with E-state index in [2.05, 4.69) is 18.7 Å². The molecule has 2 nitrogen and oxygen atoms in total. The van der Waals surface area contributed by atoms with Gasteiger partial charge in [-0.2, -0.15) is 0 Å². The second-order valence-electron chi connectivity index (χ2n) is 5.21. The molecule has 2 unspecified atom stereocenters. The van der Waals surface area contributed by atoms with E-state index in [4.69, 9.17) is 0 Å². The highest BCUT2D eigenvalue weighted by atomic mass is 16.1. The maximum Gasteiger partial charge on any atom is 0.124 e. The van der Waals surface area contributed by atoms with Gasteiger partial charge >= 0.3 is 0 Å². The summed E-state index contributed by atoms with van der Waals surface area (Å²) in [5, 5.41) is 0. The van der Waals surface area contributed by atoms with Gasteiger partial charge in [0.1, 0.15) is 6.29 Å². The van der Waals surface area contributed by atoms with Gasteiger partial charge < -0.3 is 9.69 Å². The first-order valence-electron chi connectivity index (χ1n) is 6.97. The van der Waals surface area contributed by atoms with Gasteiger partial charge in [-0.25, -0.2) is 0 Å². The van der Waals surface area contributed by atoms with E-state index >= 15 is 0 Å². The molecule has 0 radical (unpaired) electrons. The lowest BCUT2D eigenvalue weighted by atomic mass is 9.95. The largest absolute Gasteiger partial charge is 0.303 e. The van der Waals surface area contributed by atoms with Crippen molar-refractivity contribution in [3.05, 3.63) is 0 Å². The van der Waals surface area contributed by atoms with Crippen molar-refractivity contribution in [3.8, 4) is 0 Å². The van der Waals surface area contributed by atoms with Crippen molar-refractivity contribution in [2.24, 2.45) is 11.8 Å². The predicted octanol–water partition coefficient (Wildman–Crippen LogP) is 3.11. The number of piperidine rings is 1. The Bertz CT molecular complexity index is 193. The molecule has 94 valence electrons. The fourth-order valence-corrected chi connectivity index (χ4v) is 2.65. The van der Waals surface area contributed by atoms with Crippen LogP contribution in [-0.4, -0.2) is 30.8 Å². The number of hydrogen-bond donors (Lipinski definition) is 0. The number of unbranched alkanes of at least 4 members (excludes halogenated alkanes) is 1. The molecule has 2 heteroatoms. The standard InChI is InChI=1S/C14H27NO/c1-3-5-7-13(4-2)10-15-9-6-8-14(11-15)12-16/h12-14H,3-11H2,1-2H3. The van der Waals surface area contributed by atoms with E-state index in [0.717, 1.165) is 25.2 Å². The van der Waals surface area contributed by atoms with Crippen LogP contribution in [0.2, 0.25) is 0 Å². The second-order valence-corrected chi connectivity index (χ2v) is 5.21. The minimum Gasteiger partial charge on any atom is -0.303 e. The zero-order chi connectivity index (χ0) is 11.8. The quantitative estimate of drug-likeness (QED) is 0.620. The van der Waals surface area contributed by atoms with Crippen LogP contribution in [0.25, 0.3) is 0 Å². The third kappa shape index (κ3) is 4.65. The molecular weight excluding hydrogens is 198 g/mol. The van der Waals surface area contributed by atoms with Gasteiger partial charge in [-0.1, -0.05) is 33.1 Å². The number of hydrogen-bond acceptors (Lipinski definition) is 2. The summed E-state index contributed by atoms with van der Waals surface area (Å²) in [6, 6.07) is 0. The van der Waals surface area contributed by atoms with Gasteiger partial charge in [0.05, 0.1) is 0 Å². The Morgan fingerprint density at radius 3 is 2.88 bits per heavy atom. The van der Waals surface area contributed by atoms with Crippen molar-refractivity contribution in [2.45, 2.75) is 52.4 Å². The van der Waals surface area contributed by atoms with Gasteiger partial charge in [0.25, 0.3) is 0 Å². The summed E-state index contributed by atoms with van der Waals surface area (Å²) in [7, 11) is 0. The Hall–Kier alpha value is -0.370. The monoisotopic (exact) mass is 225 g/mol. The molecule has 0 aliphatic carbocycles. The molecular formula is C14H27NO. The van der Waals surface area contributed by atoms with Crippen LogP contribution in [-0.2, 0) is 4.79 Å². The zero-order valence-corrected chi connectivity index (χ0v) is 11.0. The first-order chi connectivity index (χ1) is 7.80. The zero-order valence-electron chi connectivity index (χ0n) is 11.0. The van der Waals surface area contributed by atoms with E-state index in [1.165, 1.54) is 45.2 Å². The van der Waals surface area contributed by atoms with Gasteiger partial charge in [0.15, 0.2) is 0 Å². The Morgan fingerprint density at radius 2 is 2.25 bits per heavy atom. The molecule has 1 aliphatic rings. The van der Waals surface area contributed by atoms with Gasteiger partial charge in [0, 0.05) is 19.0 Å². The maximum atomic E-state index is 10.8. The van der Waals surface area contributed by atoms with Crippen LogP contribution in [0.1, 0.15) is 52.4 Å². The number of rotatable bonds is 7. The highest BCUT2D eigenvalue weighted by molar-refractivity contribution is 5.53. The van der Waals surface area contributed by atoms with E-state index in [0.29, 0.717) is 5.92 Å². The number of aldehydes is 1. The Morgan fingerprint density at radius 1 is 1.44 bits per heavy atom. The smallest absolute Gasteiger partial charge is 0.124 e. The molecule has 0 aromatic rings. The van der Waals surface area contributed by atoms with Crippen LogP contribution in [0.4, 0.5) is 0 Å². The molecule has 0 aromatic heterocycles. The Balaban J connectivity index is 2.29. The lowest BCUT2D eigenvalue weighted by Gasteiger charge is -2.32. The summed E-state index contributed by atoms with van der Waals surface area (Å²) in [6.07, 6.45) is 8.74. The van der Waals surface area contributed by atoms with Gasteiger partial charge in [-0.3, -0.25) is 0 Å². The molecule has 1 rings (SSSR count). The van der Waals surface area contributed by atoms with Crippen LogP contribution in [0.15, 0.2) is 0 Å². The normalized spacial score (nSPS) is 24.2. The summed E-state index contributed by atoms with van der Waals surface area (Å²) in [6.45, 7) is 7.97. The SMILES string of the molecule is CCCCC(CC)CN1CCCC(C=O)C1. The molecule has 0 amide bonds. The van der Waals surface area contributed by atoms with Crippen molar-refractivity contribution in [1.29, 1.82) is 0 Å². The second kappa shape index (κ2) is 7.83. The van der Waals surface area contributed by atoms with Crippen molar-refractivity contribution >= 4 is 6.29 Å². The average Bonchev–Trinajstić information content (AvgIpc) is 2.34. The lowest BCUT2D eigenvalue weighted by Crippen LogP contribution is -2.39. The molecule has 1 fully saturated rings. The average molecular weight is 225 g/mol. The molecule has 0 saturated carbocycles. The number of likely N-dealkylation sites (tertiary alicyclic amines) is 1. The molecule has 0 spiro atoms. The Labute approximate surface area is 100 Å². The molecule has 1 aliphatic heterocycles. The van der Waals surface area contributed by atoms with Crippen LogP contribution in [0, 0.1) is 11.8 Å². The summed E-state index contributed by atoms with van der Waals surface area (Å²) >= 11 is 0. The first kappa shape index (κ1) is 13.7. The number of carbonyl (C=O) groups is 1. The topological polar surface area (TPSA) is 20.3 Å². The van der Waals surface area contributed by atoms with Crippen molar-refractivity contribution < 1.29 is 4.79 Å². The van der Waals surface area contributed by atoms with E-state index in [1.807, 2.05) is 0 Å². The Kier molecular flexibility index (Phi) is 6.70. The molecule has 16 heavy (non-hydrogen) atoms. The number of nitrogens with zero attached hydrogens (tertiary/aromatic N) is 1. The van der Waals surface area contributed by atoms with Crippen molar-refractivity contribution in [2.75, 3.05) is 19.6 Å². The predicted molar refractivity (Wildman–Crippen MR) is 68.5 cm³/mol. The van der Waals surface area contributed by atoms with Crippen LogP contribution < -0.4 is 0 Å². The lowest BCUT2D eigenvalue weighted by molar-refractivity contribution is -0.112. The molecule has 0 N–H and O–H groups in total. The van der Waals surface area contributed by atoms with Gasteiger partial charge in [-0.05, 0) is 31.7 Å². The van der Waals surface area contributed by atoms with Crippen molar-refractivity contribution in [3.63, 3.8) is 0 Å². The highest BCUT2D eigenvalue weighted by Gasteiger charge is 2.21. The first-order valence-corrected chi connectivity index (χ1v) is 6.97. The number of carbonyl (C=O) groups excluding carboxylic acids is 1. The van der Waals surface area contributed by atoms with E-state index < -0.39 is 0 Å². The summed E-state index contributed by atoms with van der Waals surface area (Å²) < 4.78 is 0. The highest BCUT2D eigenvalue weighted by Crippen LogP contribution is 2.19.